The fraction of sp³-hybridized carbons (Fsp3) is 0.636. The predicted octanol–water partition coefficient (Wildman–Crippen LogP) is 9.75. The van der Waals surface area contributed by atoms with Crippen molar-refractivity contribution in [2.45, 2.75) is 138 Å². The lowest BCUT2D eigenvalue weighted by Crippen LogP contribution is -2.11. The number of rotatable bonds is 15. The summed E-state index contributed by atoms with van der Waals surface area (Å²) in [7, 11) is 0. The molecule has 0 aliphatic carbocycles. The van der Waals surface area contributed by atoms with Crippen LogP contribution in [0.3, 0.4) is 0 Å². The van der Waals surface area contributed by atoms with Crippen molar-refractivity contribution < 1.29 is 0 Å². The van der Waals surface area contributed by atoms with Gasteiger partial charge in [0.15, 0.2) is 0 Å². The van der Waals surface area contributed by atoms with E-state index in [-0.39, 0.29) is 0 Å². The Labute approximate surface area is 206 Å². The molecule has 0 saturated carbocycles. The second-order valence-electron chi connectivity index (χ2n) is 10.3. The molecule has 2 aromatic carbocycles. The average Bonchev–Trinajstić information content (AvgIpc) is 2.78. The molecule has 0 saturated heterocycles. The Morgan fingerprint density at radius 1 is 0.485 bits per heavy atom. The van der Waals surface area contributed by atoms with Crippen LogP contribution in [0.2, 0.25) is 0 Å². The molecule has 0 radical (unpaired) electrons. The van der Waals surface area contributed by atoms with Gasteiger partial charge in [-0.25, -0.2) is 0 Å². The first-order valence-electron chi connectivity index (χ1n) is 14.3. The molecule has 0 amide bonds. The van der Waals surface area contributed by atoms with E-state index in [1.165, 1.54) is 83.5 Å². The van der Waals surface area contributed by atoms with Crippen LogP contribution in [0.1, 0.15) is 137 Å². The molecule has 0 spiro atoms. The van der Waals surface area contributed by atoms with Crippen LogP contribution in [-0.4, -0.2) is 0 Å². The summed E-state index contributed by atoms with van der Waals surface area (Å²) in [6, 6.07) is 10.2. The van der Waals surface area contributed by atoms with Gasteiger partial charge in [0.25, 0.3) is 0 Å². The van der Waals surface area contributed by atoms with Gasteiger partial charge in [0.05, 0.1) is 0 Å². The van der Waals surface area contributed by atoms with E-state index in [1.807, 2.05) is 0 Å². The number of hydrogen-bond acceptors (Lipinski definition) is 0. The summed E-state index contributed by atoms with van der Waals surface area (Å²) in [6.45, 7) is 16.5. The summed E-state index contributed by atoms with van der Waals surface area (Å²) < 4.78 is 0. The summed E-state index contributed by atoms with van der Waals surface area (Å²) in [5, 5.41) is 0. The lowest BCUT2D eigenvalue weighted by molar-refractivity contribution is 0.714. The summed E-state index contributed by atoms with van der Waals surface area (Å²) in [4.78, 5) is 0. The van der Waals surface area contributed by atoms with Crippen molar-refractivity contribution in [2.24, 2.45) is 0 Å². The molecule has 0 heterocycles. The van der Waals surface area contributed by atoms with Gasteiger partial charge in [0.1, 0.15) is 0 Å². The zero-order chi connectivity index (χ0) is 24.2. The third kappa shape index (κ3) is 7.73. The zero-order valence-corrected chi connectivity index (χ0v) is 23.1. The minimum absolute atomic E-state index is 0.570. The van der Waals surface area contributed by atoms with Gasteiger partial charge in [-0.1, -0.05) is 111 Å². The number of hydrogen-bond donors (Lipinski definition) is 0. The van der Waals surface area contributed by atoms with Gasteiger partial charge >= 0.3 is 0 Å². The normalized spacial score (nSPS) is 12.3. The molecule has 1 unspecified atom stereocenters. The first kappa shape index (κ1) is 27.7. The van der Waals surface area contributed by atoms with Gasteiger partial charge in [0.2, 0.25) is 0 Å². The highest BCUT2D eigenvalue weighted by molar-refractivity contribution is 5.45. The third-order valence-corrected chi connectivity index (χ3v) is 7.10. The summed E-state index contributed by atoms with van der Waals surface area (Å²) in [5.74, 6) is 0.570. The van der Waals surface area contributed by atoms with Crippen LogP contribution in [0.4, 0.5) is 0 Å². The van der Waals surface area contributed by atoms with E-state index in [0.717, 1.165) is 0 Å². The smallest absolute Gasteiger partial charge is 0.0147 e. The quantitative estimate of drug-likeness (QED) is 0.254. The number of benzene rings is 2. The van der Waals surface area contributed by atoms with Crippen molar-refractivity contribution in [3.63, 3.8) is 0 Å². The van der Waals surface area contributed by atoms with Gasteiger partial charge in [-0.05, 0) is 95.4 Å². The van der Waals surface area contributed by atoms with Gasteiger partial charge in [-0.15, -0.1) is 0 Å². The summed E-state index contributed by atoms with van der Waals surface area (Å²) >= 11 is 0. The van der Waals surface area contributed by atoms with Gasteiger partial charge in [-0.2, -0.15) is 0 Å². The van der Waals surface area contributed by atoms with Crippen LogP contribution in [0, 0.1) is 0 Å². The first-order chi connectivity index (χ1) is 16.0. The average molecular weight is 449 g/mol. The Morgan fingerprint density at radius 3 is 1.42 bits per heavy atom. The molecule has 0 aromatic heterocycles. The predicted molar refractivity (Wildman–Crippen MR) is 149 cm³/mol. The molecule has 0 bridgehead atoms. The van der Waals surface area contributed by atoms with Crippen LogP contribution in [0.15, 0.2) is 24.3 Å². The molecule has 184 valence electrons. The minimum Gasteiger partial charge on any atom is -0.0651 e. The molecule has 2 rings (SSSR count). The Hall–Kier alpha value is -1.56. The van der Waals surface area contributed by atoms with Gasteiger partial charge in [0, 0.05) is 0 Å². The number of aryl methyl sites for hydroxylation is 4. The topological polar surface area (TPSA) is 0 Å². The largest absolute Gasteiger partial charge is 0.0651 e. The molecule has 0 fully saturated rings. The highest BCUT2D eigenvalue weighted by atomic mass is 14.2. The molecule has 2 aromatic rings. The third-order valence-electron chi connectivity index (χ3n) is 7.10. The lowest BCUT2D eigenvalue weighted by atomic mass is 9.81. The Morgan fingerprint density at radius 2 is 0.909 bits per heavy atom. The standard InChI is InChI=1S/C33H52/c1-8-14-26-21-28(16-10-3)31(18-12-5)30(23-26)20-25(7)33-24-27(15-9-2)22-29(17-11-4)32(33)19-13-6/h21-25H,8-20H2,1-7H3. The fourth-order valence-corrected chi connectivity index (χ4v) is 5.73. The molecule has 0 nitrogen and oxygen atoms in total. The van der Waals surface area contributed by atoms with Crippen LogP contribution >= 0.6 is 0 Å². The maximum atomic E-state index is 2.58. The lowest BCUT2D eigenvalue weighted by Gasteiger charge is -2.24. The molecule has 0 aliphatic rings. The zero-order valence-electron chi connectivity index (χ0n) is 23.1. The summed E-state index contributed by atoms with van der Waals surface area (Å²) in [5.41, 5.74) is 13.0. The van der Waals surface area contributed by atoms with E-state index >= 15 is 0 Å². The molecule has 33 heavy (non-hydrogen) atoms. The highest BCUT2D eigenvalue weighted by Gasteiger charge is 2.19. The minimum atomic E-state index is 0.570. The van der Waals surface area contributed by atoms with E-state index in [9.17, 15) is 0 Å². The molecular weight excluding hydrogens is 396 g/mol. The van der Waals surface area contributed by atoms with Crippen molar-refractivity contribution in [3.05, 3.63) is 68.8 Å². The van der Waals surface area contributed by atoms with E-state index in [2.05, 4.69) is 72.7 Å². The summed E-state index contributed by atoms with van der Waals surface area (Å²) in [6.07, 6.45) is 15.9. The van der Waals surface area contributed by atoms with E-state index in [1.54, 1.807) is 44.5 Å². The van der Waals surface area contributed by atoms with Crippen LogP contribution in [0.5, 0.6) is 0 Å². The molecule has 0 N–H and O–H groups in total. The Kier molecular flexibility index (Phi) is 12.3. The van der Waals surface area contributed by atoms with Crippen LogP contribution < -0.4 is 0 Å². The molecule has 0 aliphatic heterocycles. The van der Waals surface area contributed by atoms with Crippen LogP contribution in [-0.2, 0) is 44.9 Å². The van der Waals surface area contributed by atoms with Crippen molar-refractivity contribution in [2.75, 3.05) is 0 Å². The Bertz CT molecular complexity index is 842. The highest BCUT2D eigenvalue weighted by Crippen LogP contribution is 2.33. The molecule has 0 heteroatoms. The van der Waals surface area contributed by atoms with Crippen molar-refractivity contribution in [1.29, 1.82) is 0 Å². The van der Waals surface area contributed by atoms with E-state index in [4.69, 9.17) is 0 Å². The van der Waals surface area contributed by atoms with Crippen LogP contribution in [0.25, 0.3) is 0 Å². The first-order valence-corrected chi connectivity index (χ1v) is 14.3. The van der Waals surface area contributed by atoms with E-state index in [0.29, 0.717) is 5.92 Å². The van der Waals surface area contributed by atoms with Crippen molar-refractivity contribution >= 4 is 0 Å². The monoisotopic (exact) mass is 448 g/mol. The Balaban J connectivity index is 2.56. The second-order valence-corrected chi connectivity index (χ2v) is 10.3. The second kappa shape index (κ2) is 14.6. The van der Waals surface area contributed by atoms with Gasteiger partial charge < -0.3 is 0 Å². The fourth-order valence-electron chi connectivity index (χ4n) is 5.73. The molecular formula is C33H52. The van der Waals surface area contributed by atoms with Crippen molar-refractivity contribution in [3.8, 4) is 0 Å². The maximum absolute atomic E-state index is 2.58. The maximum Gasteiger partial charge on any atom is -0.0147 e. The van der Waals surface area contributed by atoms with Gasteiger partial charge in [-0.3, -0.25) is 0 Å². The SMILES string of the molecule is CCCc1cc(CCC)c(CCC)c(CC(C)c2cc(CCC)cc(CCC)c2CCC)c1. The van der Waals surface area contributed by atoms with E-state index < -0.39 is 0 Å². The molecule has 1 atom stereocenters. The van der Waals surface area contributed by atoms with Crippen molar-refractivity contribution in [1.82, 2.24) is 0 Å².